The summed E-state index contributed by atoms with van der Waals surface area (Å²) in [6, 6.07) is 4.53. The Kier molecular flexibility index (Phi) is 5.99. The van der Waals surface area contributed by atoms with Crippen molar-refractivity contribution in [2.45, 2.75) is 25.7 Å². The van der Waals surface area contributed by atoms with Crippen LogP contribution in [-0.4, -0.2) is 59.7 Å². The Hall–Kier alpha value is -1.78. The highest BCUT2D eigenvalue weighted by molar-refractivity contribution is 7.89. The van der Waals surface area contributed by atoms with Crippen LogP contribution in [0.15, 0.2) is 23.1 Å². The zero-order valence-corrected chi connectivity index (χ0v) is 20.3. The number of nitrogens with zero attached hydrogens (tertiary/aromatic N) is 4. The molecule has 0 radical (unpaired) electrons. The van der Waals surface area contributed by atoms with E-state index in [0.717, 1.165) is 21.5 Å². The Labute approximate surface area is 194 Å². The molecule has 3 aromatic rings. The van der Waals surface area contributed by atoms with E-state index in [1.54, 1.807) is 17.0 Å². The van der Waals surface area contributed by atoms with Gasteiger partial charge in [0, 0.05) is 37.3 Å². The number of halogens is 2. The van der Waals surface area contributed by atoms with Crippen LogP contribution in [0.4, 0.5) is 0 Å². The van der Waals surface area contributed by atoms with Gasteiger partial charge in [0.2, 0.25) is 10.0 Å². The number of carbonyl (C=O) groups excluding carboxylic acids is 1. The number of thiophene rings is 1. The fourth-order valence-corrected chi connectivity index (χ4v) is 7.18. The minimum atomic E-state index is -3.80. The van der Waals surface area contributed by atoms with Crippen molar-refractivity contribution in [2.75, 3.05) is 26.2 Å². The van der Waals surface area contributed by atoms with Crippen LogP contribution in [0, 0.1) is 20.8 Å². The van der Waals surface area contributed by atoms with E-state index in [0.29, 0.717) is 10.7 Å². The Bertz CT molecular complexity index is 1300. The number of fused-ring (bicyclic) bond motifs is 1. The van der Waals surface area contributed by atoms with Crippen molar-refractivity contribution < 1.29 is 13.2 Å². The molecule has 7 nitrogen and oxygen atoms in total. The number of piperazine rings is 1. The lowest BCUT2D eigenvalue weighted by atomic mass is 10.1. The average molecular weight is 499 g/mol. The predicted molar refractivity (Wildman–Crippen MR) is 123 cm³/mol. The summed E-state index contributed by atoms with van der Waals surface area (Å²) < 4.78 is 27.4. The third-order valence-electron chi connectivity index (χ3n) is 5.34. The number of hydrogen-bond donors (Lipinski definition) is 0. The van der Waals surface area contributed by atoms with Crippen molar-refractivity contribution >= 4 is 60.7 Å². The number of benzene rings is 1. The van der Waals surface area contributed by atoms with Crippen LogP contribution in [-0.2, 0) is 10.0 Å². The molecular weight excluding hydrogens is 479 g/mol. The minimum absolute atomic E-state index is 0.00958. The van der Waals surface area contributed by atoms with Gasteiger partial charge in [-0.15, -0.1) is 11.3 Å². The van der Waals surface area contributed by atoms with Crippen molar-refractivity contribution in [3.05, 3.63) is 50.2 Å². The lowest BCUT2D eigenvalue weighted by Gasteiger charge is -2.34. The molecule has 164 valence electrons. The maximum atomic E-state index is 13.2. The monoisotopic (exact) mass is 498 g/mol. The molecule has 11 heteroatoms. The summed E-state index contributed by atoms with van der Waals surface area (Å²) in [6.45, 7) is 6.57. The summed E-state index contributed by atoms with van der Waals surface area (Å²) in [5, 5.41) is 1.11. The smallest absolute Gasteiger partial charge is 0.264 e. The van der Waals surface area contributed by atoms with Gasteiger partial charge in [-0.05, 0) is 38.5 Å². The second kappa shape index (κ2) is 8.29. The molecule has 0 unspecified atom stereocenters. The molecule has 31 heavy (non-hydrogen) atoms. The molecule has 1 aliphatic heterocycles. The van der Waals surface area contributed by atoms with Crippen LogP contribution in [0.1, 0.15) is 26.8 Å². The van der Waals surface area contributed by atoms with Gasteiger partial charge in [0.05, 0.1) is 14.9 Å². The van der Waals surface area contributed by atoms with Gasteiger partial charge in [0.25, 0.3) is 5.91 Å². The Morgan fingerprint density at radius 2 is 1.74 bits per heavy atom. The number of hydrogen-bond acceptors (Lipinski definition) is 6. The molecule has 3 heterocycles. The fraction of sp³-hybridized carbons (Fsp3) is 0.350. The third-order valence-corrected chi connectivity index (χ3v) is 9.38. The first-order valence-electron chi connectivity index (χ1n) is 9.59. The van der Waals surface area contributed by atoms with E-state index in [1.165, 1.54) is 21.7 Å². The molecule has 2 aromatic heterocycles. The first-order valence-corrected chi connectivity index (χ1v) is 12.6. The minimum Gasteiger partial charge on any atom is -0.335 e. The van der Waals surface area contributed by atoms with Gasteiger partial charge in [-0.25, -0.2) is 18.4 Å². The molecule has 0 aliphatic carbocycles. The molecule has 1 aromatic carbocycles. The van der Waals surface area contributed by atoms with E-state index in [1.807, 2.05) is 20.8 Å². The van der Waals surface area contributed by atoms with E-state index < -0.39 is 10.0 Å². The summed E-state index contributed by atoms with van der Waals surface area (Å²) in [5.41, 5.74) is 1.72. The number of carbonyl (C=O) groups is 1. The van der Waals surface area contributed by atoms with E-state index in [-0.39, 0.29) is 47.0 Å². The van der Waals surface area contributed by atoms with Crippen molar-refractivity contribution in [2.24, 2.45) is 0 Å². The normalized spacial score (nSPS) is 15.6. The van der Waals surface area contributed by atoms with Gasteiger partial charge in [-0.1, -0.05) is 29.3 Å². The van der Waals surface area contributed by atoms with E-state index in [2.05, 4.69) is 9.97 Å². The topological polar surface area (TPSA) is 83.5 Å². The van der Waals surface area contributed by atoms with Gasteiger partial charge < -0.3 is 4.90 Å². The van der Waals surface area contributed by atoms with Crippen LogP contribution in [0.5, 0.6) is 0 Å². The molecule has 0 atom stereocenters. The molecule has 0 saturated carbocycles. The van der Waals surface area contributed by atoms with Gasteiger partial charge in [0.1, 0.15) is 15.6 Å². The maximum absolute atomic E-state index is 13.2. The van der Waals surface area contributed by atoms with Gasteiger partial charge in [0.15, 0.2) is 0 Å². The predicted octanol–water partition coefficient (Wildman–Crippen LogP) is 4.07. The SMILES string of the molecule is Cc1nc(C)c2c(C)c(C(=O)N3CCN(S(=O)(=O)c4cccc(Cl)c4Cl)CC3)sc2n1. The number of aromatic nitrogens is 2. The van der Waals surface area contributed by atoms with Crippen molar-refractivity contribution in [1.82, 2.24) is 19.2 Å². The summed E-state index contributed by atoms with van der Waals surface area (Å²) in [4.78, 5) is 25.1. The highest BCUT2D eigenvalue weighted by atomic mass is 35.5. The zero-order chi connectivity index (χ0) is 22.5. The summed E-state index contributed by atoms with van der Waals surface area (Å²) >= 11 is 13.5. The molecule has 1 fully saturated rings. The van der Waals surface area contributed by atoms with Crippen LogP contribution >= 0.6 is 34.5 Å². The molecule has 0 spiro atoms. The van der Waals surface area contributed by atoms with Crippen molar-refractivity contribution in [3.63, 3.8) is 0 Å². The summed E-state index contributed by atoms with van der Waals surface area (Å²) in [7, 11) is -3.80. The van der Waals surface area contributed by atoms with E-state index in [4.69, 9.17) is 23.2 Å². The first-order chi connectivity index (χ1) is 14.6. The number of sulfonamides is 1. The first kappa shape index (κ1) is 22.4. The van der Waals surface area contributed by atoms with Crippen molar-refractivity contribution in [3.8, 4) is 0 Å². The summed E-state index contributed by atoms with van der Waals surface area (Å²) in [6.07, 6.45) is 0. The molecule has 0 bridgehead atoms. The van der Waals surface area contributed by atoms with E-state index in [9.17, 15) is 13.2 Å². The van der Waals surface area contributed by atoms with Gasteiger partial charge >= 0.3 is 0 Å². The Morgan fingerprint density at radius 1 is 1.06 bits per heavy atom. The van der Waals surface area contributed by atoms with Crippen LogP contribution in [0.25, 0.3) is 10.2 Å². The standard InChI is InChI=1S/C20H20Cl2N4O3S2/c1-11-16-12(2)23-13(3)24-19(16)30-18(11)20(27)25-7-9-26(10-8-25)31(28,29)15-6-4-5-14(21)17(15)22/h4-6H,7-10H2,1-3H3. The molecule has 1 aliphatic rings. The Morgan fingerprint density at radius 3 is 2.42 bits per heavy atom. The van der Waals surface area contributed by atoms with Crippen LogP contribution in [0.2, 0.25) is 10.0 Å². The van der Waals surface area contributed by atoms with Crippen LogP contribution in [0.3, 0.4) is 0 Å². The average Bonchev–Trinajstić information content (AvgIpc) is 3.05. The number of rotatable bonds is 3. The third kappa shape index (κ3) is 3.93. The molecular formula is C20H20Cl2N4O3S2. The van der Waals surface area contributed by atoms with Gasteiger partial charge in [-0.3, -0.25) is 4.79 Å². The highest BCUT2D eigenvalue weighted by Crippen LogP contribution is 2.33. The fourth-order valence-electron chi connectivity index (χ4n) is 3.78. The highest BCUT2D eigenvalue weighted by Gasteiger charge is 2.33. The second-order valence-corrected chi connectivity index (χ2v) is 11.0. The van der Waals surface area contributed by atoms with E-state index >= 15 is 0 Å². The quantitative estimate of drug-likeness (QED) is 0.543. The van der Waals surface area contributed by atoms with Crippen molar-refractivity contribution in [1.29, 1.82) is 0 Å². The van der Waals surface area contributed by atoms with Crippen LogP contribution < -0.4 is 0 Å². The second-order valence-electron chi connectivity index (χ2n) is 7.34. The van der Waals surface area contributed by atoms with Gasteiger partial charge in [-0.2, -0.15) is 4.31 Å². The lowest BCUT2D eigenvalue weighted by molar-refractivity contribution is 0.0702. The Balaban J connectivity index is 1.55. The molecule has 1 amide bonds. The largest absolute Gasteiger partial charge is 0.335 e. The zero-order valence-electron chi connectivity index (χ0n) is 17.1. The molecule has 4 rings (SSSR count). The molecule has 0 N–H and O–H groups in total. The lowest BCUT2D eigenvalue weighted by Crippen LogP contribution is -2.50. The summed E-state index contributed by atoms with van der Waals surface area (Å²) in [5.74, 6) is 0.555. The maximum Gasteiger partial charge on any atom is 0.264 e. The number of aryl methyl sites for hydroxylation is 3. The molecule has 1 saturated heterocycles. The number of amides is 1.